The largest absolute Gasteiger partial charge is 0.497 e. The van der Waals surface area contributed by atoms with Crippen molar-refractivity contribution in [1.29, 1.82) is 0 Å². The minimum Gasteiger partial charge on any atom is -0.497 e. The summed E-state index contributed by atoms with van der Waals surface area (Å²) in [6.07, 6.45) is 0. The third kappa shape index (κ3) is 2.41. The molecule has 20 heavy (non-hydrogen) atoms. The van der Waals surface area contributed by atoms with Crippen molar-refractivity contribution in [2.45, 2.75) is 13.8 Å². The molecule has 0 heterocycles. The molecule has 0 aliphatic heterocycles. The second kappa shape index (κ2) is 5.41. The standard InChI is InChI=1S/C16H14F2O2/c1-9-5-4-6-12(10(9)2)16(19)15-13(17)7-11(20-3)8-14(15)18/h4-8H,1-3H3. The lowest BCUT2D eigenvalue weighted by Gasteiger charge is -2.10. The fourth-order valence-corrected chi connectivity index (χ4v) is 2.02. The summed E-state index contributed by atoms with van der Waals surface area (Å²) >= 11 is 0. The van der Waals surface area contributed by atoms with Gasteiger partial charge in [-0.25, -0.2) is 8.78 Å². The van der Waals surface area contributed by atoms with Gasteiger partial charge in [0, 0.05) is 17.7 Å². The molecule has 0 bridgehead atoms. The molecular formula is C16H14F2O2. The van der Waals surface area contributed by atoms with Crippen LogP contribution < -0.4 is 4.74 Å². The molecule has 0 atom stereocenters. The van der Waals surface area contributed by atoms with Gasteiger partial charge in [-0.2, -0.15) is 0 Å². The van der Waals surface area contributed by atoms with Crippen molar-refractivity contribution in [1.82, 2.24) is 0 Å². The van der Waals surface area contributed by atoms with Crippen molar-refractivity contribution >= 4 is 5.78 Å². The van der Waals surface area contributed by atoms with Crippen molar-refractivity contribution in [3.05, 3.63) is 64.2 Å². The van der Waals surface area contributed by atoms with Gasteiger partial charge in [0.25, 0.3) is 0 Å². The average Bonchev–Trinajstić information content (AvgIpc) is 2.40. The van der Waals surface area contributed by atoms with Crippen molar-refractivity contribution < 1.29 is 18.3 Å². The predicted octanol–water partition coefficient (Wildman–Crippen LogP) is 3.82. The van der Waals surface area contributed by atoms with Crippen LogP contribution in [0.15, 0.2) is 30.3 Å². The van der Waals surface area contributed by atoms with Gasteiger partial charge in [-0.15, -0.1) is 0 Å². The van der Waals surface area contributed by atoms with E-state index in [4.69, 9.17) is 4.74 Å². The molecule has 0 fully saturated rings. The van der Waals surface area contributed by atoms with Crippen LogP contribution in [-0.4, -0.2) is 12.9 Å². The summed E-state index contributed by atoms with van der Waals surface area (Å²) in [5.74, 6) is -2.47. The second-order valence-corrected chi connectivity index (χ2v) is 4.54. The molecule has 0 saturated heterocycles. The van der Waals surface area contributed by atoms with Gasteiger partial charge in [0.1, 0.15) is 17.4 Å². The summed E-state index contributed by atoms with van der Waals surface area (Å²) in [6.45, 7) is 3.59. The highest BCUT2D eigenvalue weighted by Gasteiger charge is 2.22. The summed E-state index contributed by atoms with van der Waals surface area (Å²) in [5.41, 5.74) is 1.35. The zero-order valence-corrected chi connectivity index (χ0v) is 11.5. The zero-order chi connectivity index (χ0) is 14.9. The van der Waals surface area contributed by atoms with Crippen LogP contribution in [0.2, 0.25) is 0 Å². The van der Waals surface area contributed by atoms with Gasteiger partial charge in [0.2, 0.25) is 0 Å². The lowest BCUT2D eigenvalue weighted by atomic mass is 9.95. The molecule has 0 N–H and O–H groups in total. The van der Waals surface area contributed by atoms with Crippen molar-refractivity contribution in [2.24, 2.45) is 0 Å². The zero-order valence-electron chi connectivity index (χ0n) is 11.5. The molecule has 2 rings (SSSR count). The van der Waals surface area contributed by atoms with E-state index in [0.29, 0.717) is 11.1 Å². The van der Waals surface area contributed by atoms with E-state index in [1.165, 1.54) is 7.11 Å². The third-order valence-electron chi connectivity index (χ3n) is 3.33. The first-order valence-corrected chi connectivity index (χ1v) is 6.09. The monoisotopic (exact) mass is 276 g/mol. The molecule has 0 aliphatic carbocycles. The number of ketones is 1. The minimum atomic E-state index is -0.923. The first-order valence-electron chi connectivity index (χ1n) is 6.09. The van der Waals surface area contributed by atoms with E-state index in [1.807, 2.05) is 13.0 Å². The van der Waals surface area contributed by atoms with Crippen LogP contribution in [0.25, 0.3) is 0 Å². The molecule has 2 nitrogen and oxygen atoms in total. The Labute approximate surface area is 116 Å². The number of hydrogen-bond donors (Lipinski definition) is 0. The van der Waals surface area contributed by atoms with Crippen LogP contribution in [0, 0.1) is 25.5 Å². The SMILES string of the molecule is COc1cc(F)c(C(=O)c2cccc(C)c2C)c(F)c1. The second-order valence-electron chi connectivity index (χ2n) is 4.54. The maximum atomic E-state index is 13.9. The number of rotatable bonds is 3. The Morgan fingerprint density at radius 1 is 1.10 bits per heavy atom. The summed E-state index contributed by atoms with van der Waals surface area (Å²) in [5, 5.41) is 0. The average molecular weight is 276 g/mol. The molecule has 4 heteroatoms. The van der Waals surface area contributed by atoms with Crippen molar-refractivity contribution in [3.63, 3.8) is 0 Å². The van der Waals surface area contributed by atoms with E-state index < -0.39 is 23.0 Å². The van der Waals surface area contributed by atoms with Crippen molar-refractivity contribution in [3.8, 4) is 5.75 Å². The van der Waals surface area contributed by atoms with Crippen molar-refractivity contribution in [2.75, 3.05) is 7.11 Å². The van der Waals surface area contributed by atoms with Gasteiger partial charge in [-0.3, -0.25) is 4.79 Å². The highest BCUT2D eigenvalue weighted by Crippen LogP contribution is 2.24. The van der Waals surface area contributed by atoms with Gasteiger partial charge in [-0.05, 0) is 25.0 Å². The van der Waals surface area contributed by atoms with Gasteiger partial charge >= 0.3 is 0 Å². The molecule has 0 aromatic heterocycles. The Hall–Kier alpha value is -2.23. The van der Waals surface area contributed by atoms with Crippen LogP contribution >= 0.6 is 0 Å². The summed E-state index contributed by atoms with van der Waals surface area (Å²) in [4.78, 5) is 12.3. The number of carbonyl (C=O) groups is 1. The highest BCUT2D eigenvalue weighted by atomic mass is 19.1. The Balaban J connectivity index is 2.57. The molecular weight excluding hydrogens is 262 g/mol. The van der Waals surface area contributed by atoms with Crippen LogP contribution in [0.3, 0.4) is 0 Å². The summed E-state index contributed by atoms with van der Waals surface area (Å²) in [7, 11) is 1.31. The first-order chi connectivity index (χ1) is 9.45. The number of carbonyl (C=O) groups excluding carboxylic acids is 1. The number of hydrogen-bond acceptors (Lipinski definition) is 2. The summed E-state index contributed by atoms with van der Waals surface area (Å²) < 4.78 is 32.6. The van der Waals surface area contributed by atoms with Gasteiger partial charge in [0.05, 0.1) is 12.7 Å². The maximum absolute atomic E-state index is 13.9. The van der Waals surface area contributed by atoms with Crippen LogP contribution in [0.4, 0.5) is 8.78 Å². The highest BCUT2D eigenvalue weighted by molar-refractivity contribution is 6.10. The molecule has 0 radical (unpaired) electrons. The lowest BCUT2D eigenvalue weighted by molar-refractivity contribution is 0.103. The van der Waals surface area contributed by atoms with E-state index in [0.717, 1.165) is 17.7 Å². The summed E-state index contributed by atoms with van der Waals surface area (Å²) in [6, 6.07) is 7.10. The molecule has 0 aliphatic rings. The van der Waals surface area contributed by atoms with Crippen LogP contribution in [-0.2, 0) is 0 Å². The third-order valence-corrected chi connectivity index (χ3v) is 3.33. The maximum Gasteiger partial charge on any atom is 0.199 e. The normalized spacial score (nSPS) is 10.4. The molecule has 0 unspecified atom stereocenters. The number of ether oxygens (including phenoxy) is 1. The Bertz CT molecular complexity index is 655. The number of methoxy groups -OCH3 is 1. The van der Waals surface area contributed by atoms with E-state index >= 15 is 0 Å². The molecule has 104 valence electrons. The molecule has 2 aromatic rings. The number of aryl methyl sites for hydroxylation is 1. The van der Waals surface area contributed by atoms with E-state index in [1.54, 1.807) is 19.1 Å². The van der Waals surface area contributed by atoms with E-state index in [2.05, 4.69) is 0 Å². The van der Waals surface area contributed by atoms with Gasteiger partial charge in [-0.1, -0.05) is 18.2 Å². The number of benzene rings is 2. The van der Waals surface area contributed by atoms with Crippen LogP contribution in [0.1, 0.15) is 27.0 Å². The Morgan fingerprint density at radius 2 is 1.70 bits per heavy atom. The topological polar surface area (TPSA) is 26.3 Å². The first kappa shape index (κ1) is 14.2. The smallest absolute Gasteiger partial charge is 0.199 e. The van der Waals surface area contributed by atoms with Gasteiger partial charge < -0.3 is 4.74 Å². The predicted molar refractivity (Wildman–Crippen MR) is 72.3 cm³/mol. The molecule has 0 amide bonds. The lowest BCUT2D eigenvalue weighted by Crippen LogP contribution is -2.10. The fourth-order valence-electron chi connectivity index (χ4n) is 2.02. The Kier molecular flexibility index (Phi) is 3.84. The van der Waals surface area contributed by atoms with E-state index in [9.17, 15) is 13.6 Å². The van der Waals surface area contributed by atoms with Gasteiger partial charge in [0.15, 0.2) is 5.78 Å². The fraction of sp³-hybridized carbons (Fsp3) is 0.188. The molecule has 0 spiro atoms. The van der Waals surface area contributed by atoms with E-state index in [-0.39, 0.29) is 5.75 Å². The molecule has 0 saturated carbocycles. The van der Waals surface area contributed by atoms with Crippen LogP contribution in [0.5, 0.6) is 5.75 Å². The Morgan fingerprint density at radius 3 is 2.25 bits per heavy atom. The number of halogens is 2. The quantitative estimate of drug-likeness (QED) is 0.797. The minimum absolute atomic E-state index is 0.0394. The molecule has 2 aromatic carbocycles.